The molecule has 4 heteroatoms. The van der Waals surface area contributed by atoms with E-state index in [2.05, 4.69) is 0 Å². The summed E-state index contributed by atoms with van der Waals surface area (Å²) in [6, 6.07) is 3.78. The molecular formula is C12H18ClNO2. The molecule has 0 aliphatic carbocycles. The average molecular weight is 244 g/mol. The molecule has 0 bridgehead atoms. The number of rotatable bonds is 5. The lowest BCUT2D eigenvalue weighted by molar-refractivity contribution is 0.230. The van der Waals surface area contributed by atoms with Crippen LogP contribution >= 0.6 is 11.6 Å². The maximum absolute atomic E-state index is 6.15. The van der Waals surface area contributed by atoms with Crippen molar-refractivity contribution in [1.29, 1.82) is 0 Å². The smallest absolute Gasteiger partial charge is 0.180 e. The second-order valence-electron chi connectivity index (χ2n) is 3.81. The molecule has 1 aromatic rings. The van der Waals surface area contributed by atoms with E-state index in [9.17, 15) is 0 Å². The van der Waals surface area contributed by atoms with Gasteiger partial charge in [-0.2, -0.15) is 0 Å². The Morgan fingerprint density at radius 1 is 1.38 bits per heavy atom. The van der Waals surface area contributed by atoms with E-state index in [-0.39, 0.29) is 6.10 Å². The van der Waals surface area contributed by atoms with Crippen LogP contribution in [0.3, 0.4) is 0 Å². The molecule has 0 amide bonds. The molecule has 1 rings (SSSR count). The Labute approximate surface area is 101 Å². The normalized spacial score (nSPS) is 10.6. The van der Waals surface area contributed by atoms with Crippen LogP contribution in [0.25, 0.3) is 0 Å². The van der Waals surface area contributed by atoms with E-state index in [1.54, 1.807) is 7.11 Å². The van der Waals surface area contributed by atoms with Gasteiger partial charge in [-0.1, -0.05) is 11.6 Å². The Balaban J connectivity index is 3.07. The number of methoxy groups -OCH3 is 1. The van der Waals surface area contributed by atoms with Gasteiger partial charge in [0.05, 0.1) is 18.2 Å². The molecule has 0 unspecified atom stereocenters. The third-order valence-corrected chi connectivity index (χ3v) is 2.36. The molecule has 0 saturated carbocycles. The first-order valence-corrected chi connectivity index (χ1v) is 5.69. The number of hydrogen-bond donors (Lipinski definition) is 1. The second-order valence-corrected chi connectivity index (χ2v) is 4.22. The molecule has 1 aromatic carbocycles. The summed E-state index contributed by atoms with van der Waals surface area (Å²) >= 11 is 6.15. The molecule has 0 atom stereocenters. The number of halogens is 1. The van der Waals surface area contributed by atoms with E-state index in [4.69, 9.17) is 26.8 Å². The summed E-state index contributed by atoms with van der Waals surface area (Å²) in [6.45, 7) is 4.48. The maximum Gasteiger partial charge on any atom is 0.180 e. The largest absolute Gasteiger partial charge is 0.493 e. The highest BCUT2D eigenvalue weighted by atomic mass is 35.5. The molecule has 0 aromatic heterocycles. The Morgan fingerprint density at radius 3 is 2.56 bits per heavy atom. The zero-order valence-corrected chi connectivity index (χ0v) is 10.7. The molecule has 0 fully saturated rings. The standard InChI is InChI=1S/C12H18ClNO2/c1-8(2)16-12-10(13)6-9(4-5-14)7-11(12)15-3/h6-8H,4-5,14H2,1-3H3. The molecule has 0 spiro atoms. The second kappa shape index (κ2) is 5.97. The zero-order chi connectivity index (χ0) is 12.1. The molecule has 16 heavy (non-hydrogen) atoms. The van der Waals surface area contributed by atoms with Gasteiger partial charge >= 0.3 is 0 Å². The van der Waals surface area contributed by atoms with Crippen molar-refractivity contribution in [2.24, 2.45) is 5.73 Å². The highest BCUT2D eigenvalue weighted by Crippen LogP contribution is 2.37. The number of hydrogen-bond acceptors (Lipinski definition) is 3. The van der Waals surface area contributed by atoms with Crippen molar-refractivity contribution < 1.29 is 9.47 Å². The van der Waals surface area contributed by atoms with Crippen LogP contribution in [0.15, 0.2) is 12.1 Å². The van der Waals surface area contributed by atoms with Crippen LogP contribution < -0.4 is 15.2 Å². The topological polar surface area (TPSA) is 44.5 Å². The van der Waals surface area contributed by atoms with Crippen molar-refractivity contribution in [3.8, 4) is 11.5 Å². The first kappa shape index (κ1) is 13.1. The summed E-state index contributed by atoms with van der Waals surface area (Å²) in [5.41, 5.74) is 6.56. The van der Waals surface area contributed by atoms with Gasteiger partial charge in [0.25, 0.3) is 0 Å². The van der Waals surface area contributed by atoms with Gasteiger partial charge < -0.3 is 15.2 Å². The lowest BCUT2D eigenvalue weighted by Gasteiger charge is -2.16. The summed E-state index contributed by atoms with van der Waals surface area (Å²) in [6.07, 6.45) is 0.838. The van der Waals surface area contributed by atoms with Gasteiger partial charge in [0, 0.05) is 0 Å². The van der Waals surface area contributed by atoms with E-state index in [1.807, 2.05) is 26.0 Å². The molecule has 90 valence electrons. The summed E-state index contributed by atoms with van der Waals surface area (Å²) < 4.78 is 10.9. The molecule has 2 N–H and O–H groups in total. The number of benzene rings is 1. The lowest BCUT2D eigenvalue weighted by atomic mass is 10.1. The third kappa shape index (κ3) is 3.29. The van der Waals surface area contributed by atoms with Crippen molar-refractivity contribution in [3.05, 3.63) is 22.7 Å². The highest BCUT2D eigenvalue weighted by Gasteiger charge is 2.12. The predicted molar refractivity (Wildman–Crippen MR) is 66.5 cm³/mol. The fourth-order valence-electron chi connectivity index (χ4n) is 1.43. The van der Waals surface area contributed by atoms with Crippen LogP contribution in [-0.4, -0.2) is 19.8 Å². The average Bonchev–Trinajstić information content (AvgIpc) is 2.21. The predicted octanol–water partition coefficient (Wildman–Crippen LogP) is 2.64. The summed E-state index contributed by atoms with van der Waals surface area (Å²) in [4.78, 5) is 0. The van der Waals surface area contributed by atoms with Gasteiger partial charge in [0.15, 0.2) is 11.5 Å². The van der Waals surface area contributed by atoms with Crippen LogP contribution in [0.5, 0.6) is 11.5 Å². The first-order valence-electron chi connectivity index (χ1n) is 5.31. The zero-order valence-electron chi connectivity index (χ0n) is 9.92. The van der Waals surface area contributed by atoms with E-state index in [1.165, 1.54) is 0 Å². The summed E-state index contributed by atoms with van der Waals surface area (Å²) in [5, 5.41) is 0.566. The van der Waals surface area contributed by atoms with Gasteiger partial charge in [-0.3, -0.25) is 0 Å². The fraction of sp³-hybridized carbons (Fsp3) is 0.500. The maximum atomic E-state index is 6.15. The van der Waals surface area contributed by atoms with Crippen molar-refractivity contribution in [2.45, 2.75) is 26.4 Å². The van der Waals surface area contributed by atoms with Gasteiger partial charge in [0.1, 0.15) is 0 Å². The molecule has 0 heterocycles. The van der Waals surface area contributed by atoms with E-state index in [0.29, 0.717) is 23.1 Å². The van der Waals surface area contributed by atoms with Gasteiger partial charge in [-0.25, -0.2) is 0 Å². The molecule has 0 saturated heterocycles. The monoisotopic (exact) mass is 243 g/mol. The number of ether oxygens (including phenoxy) is 2. The molecular weight excluding hydrogens is 226 g/mol. The Morgan fingerprint density at radius 2 is 2.06 bits per heavy atom. The van der Waals surface area contributed by atoms with Crippen LogP contribution in [0.4, 0.5) is 0 Å². The molecule has 0 radical (unpaired) electrons. The van der Waals surface area contributed by atoms with Crippen LogP contribution in [0.2, 0.25) is 5.02 Å². The number of nitrogens with two attached hydrogens (primary N) is 1. The quantitative estimate of drug-likeness (QED) is 0.865. The molecule has 0 aliphatic heterocycles. The molecule has 0 aliphatic rings. The summed E-state index contributed by atoms with van der Waals surface area (Å²) in [7, 11) is 1.60. The van der Waals surface area contributed by atoms with Gasteiger partial charge in [-0.05, 0) is 44.5 Å². The first-order chi connectivity index (χ1) is 7.58. The van der Waals surface area contributed by atoms with E-state index >= 15 is 0 Å². The minimum atomic E-state index is 0.0618. The van der Waals surface area contributed by atoms with E-state index in [0.717, 1.165) is 12.0 Å². The SMILES string of the molecule is COc1cc(CCN)cc(Cl)c1OC(C)C. The Hall–Kier alpha value is -0.930. The van der Waals surface area contributed by atoms with Crippen molar-refractivity contribution in [1.82, 2.24) is 0 Å². The Bertz CT molecular complexity index is 353. The molecule has 3 nitrogen and oxygen atoms in total. The minimum Gasteiger partial charge on any atom is -0.493 e. The minimum absolute atomic E-state index is 0.0618. The summed E-state index contributed by atoms with van der Waals surface area (Å²) in [5.74, 6) is 1.25. The van der Waals surface area contributed by atoms with Crippen LogP contribution in [-0.2, 0) is 6.42 Å². The lowest BCUT2D eigenvalue weighted by Crippen LogP contribution is -2.08. The highest BCUT2D eigenvalue weighted by molar-refractivity contribution is 6.32. The van der Waals surface area contributed by atoms with Crippen molar-refractivity contribution >= 4 is 11.6 Å². The van der Waals surface area contributed by atoms with Crippen LogP contribution in [0, 0.1) is 0 Å². The fourth-order valence-corrected chi connectivity index (χ4v) is 1.71. The van der Waals surface area contributed by atoms with Gasteiger partial charge in [0.2, 0.25) is 0 Å². The van der Waals surface area contributed by atoms with Crippen molar-refractivity contribution in [2.75, 3.05) is 13.7 Å². The van der Waals surface area contributed by atoms with E-state index < -0.39 is 0 Å². The van der Waals surface area contributed by atoms with Gasteiger partial charge in [-0.15, -0.1) is 0 Å². The van der Waals surface area contributed by atoms with Crippen LogP contribution in [0.1, 0.15) is 19.4 Å². The Kier molecular flexibility index (Phi) is 4.90. The third-order valence-electron chi connectivity index (χ3n) is 2.08. The van der Waals surface area contributed by atoms with Crippen molar-refractivity contribution in [3.63, 3.8) is 0 Å².